The molecule has 0 fully saturated rings. The molecule has 1 nitrogen and oxygen atoms in total. The second-order valence-electron chi connectivity index (χ2n) is 4.94. The summed E-state index contributed by atoms with van der Waals surface area (Å²) in [5.41, 5.74) is 1.22. The van der Waals surface area contributed by atoms with Gasteiger partial charge in [-0.25, -0.2) is 0 Å². The summed E-state index contributed by atoms with van der Waals surface area (Å²) in [6.45, 7) is 11.2. The number of rotatable bonds is 8. The number of benzene rings is 1. The highest BCUT2D eigenvalue weighted by molar-refractivity contribution is 5.50. The Balaban J connectivity index is 2.59. The standard InChI is InChI=1S/C18H26O/c1-5-14-19-18-12-10-16(11-13-18)9-8-15(4)17(6-2)7-3/h6,8-13,15,17H,2,5,7,14H2,1,3-4H3/b9-8+. The van der Waals surface area contributed by atoms with E-state index in [-0.39, 0.29) is 0 Å². The fourth-order valence-electron chi connectivity index (χ4n) is 2.05. The Kier molecular flexibility index (Phi) is 7.02. The Morgan fingerprint density at radius 3 is 2.42 bits per heavy atom. The zero-order valence-corrected chi connectivity index (χ0v) is 12.4. The van der Waals surface area contributed by atoms with Crippen molar-refractivity contribution in [2.45, 2.75) is 33.6 Å². The molecule has 0 N–H and O–H groups in total. The van der Waals surface area contributed by atoms with Crippen molar-refractivity contribution in [2.24, 2.45) is 11.8 Å². The van der Waals surface area contributed by atoms with Crippen LogP contribution in [-0.4, -0.2) is 6.61 Å². The molecule has 0 aliphatic carbocycles. The quantitative estimate of drug-likeness (QED) is 0.572. The molecule has 0 spiro atoms. The van der Waals surface area contributed by atoms with Crippen LogP contribution in [0.25, 0.3) is 6.08 Å². The van der Waals surface area contributed by atoms with Crippen LogP contribution in [0.4, 0.5) is 0 Å². The van der Waals surface area contributed by atoms with Gasteiger partial charge in [-0.1, -0.05) is 51.1 Å². The molecule has 104 valence electrons. The molecule has 2 unspecified atom stereocenters. The molecule has 19 heavy (non-hydrogen) atoms. The van der Waals surface area contributed by atoms with Crippen molar-refractivity contribution in [1.82, 2.24) is 0 Å². The van der Waals surface area contributed by atoms with Crippen molar-refractivity contribution in [3.8, 4) is 5.75 Å². The van der Waals surface area contributed by atoms with Crippen molar-refractivity contribution >= 4 is 6.08 Å². The second kappa shape index (κ2) is 8.58. The first-order valence-electron chi connectivity index (χ1n) is 7.24. The minimum absolute atomic E-state index is 0.526. The molecule has 0 heterocycles. The predicted octanol–water partition coefficient (Wildman–Crippen LogP) is 5.34. The van der Waals surface area contributed by atoms with E-state index in [1.165, 1.54) is 5.56 Å². The molecule has 0 saturated heterocycles. The molecule has 0 aliphatic heterocycles. The highest BCUT2D eigenvalue weighted by Crippen LogP contribution is 2.20. The topological polar surface area (TPSA) is 9.23 Å². The fraction of sp³-hybridized carbons (Fsp3) is 0.444. The van der Waals surface area contributed by atoms with E-state index in [4.69, 9.17) is 4.74 Å². The summed E-state index contributed by atoms with van der Waals surface area (Å²) in [7, 11) is 0. The van der Waals surface area contributed by atoms with Crippen molar-refractivity contribution in [3.05, 3.63) is 48.6 Å². The van der Waals surface area contributed by atoms with Gasteiger partial charge in [0.15, 0.2) is 0 Å². The van der Waals surface area contributed by atoms with Crippen LogP contribution < -0.4 is 4.74 Å². The highest BCUT2D eigenvalue weighted by Gasteiger charge is 2.07. The molecule has 0 aliphatic rings. The van der Waals surface area contributed by atoms with E-state index in [2.05, 4.69) is 57.7 Å². The summed E-state index contributed by atoms with van der Waals surface area (Å²) >= 11 is 0. The van der Waals surface area contributed by atoms with Gasteiger partial charge in [0.25, 0.3) is 0 Å². The van der Waals surface area contributed by atoms with E-state index in [1.807, 2.05) is 12.1 Å². The summed E-state index contributed by atoms with van der Waals surface area (Å²) in [5, 5.41) is 0. The van der Waals surface area contributed by atoms with Gasteiger partial charge < -0.3 is 4.74 Å². The van der Waals surface area contributed by atoms with E-state index in [9.17, 15) is 0 Å². The Labute approximate surface area is 118 Å². The number of hydrogen-bond donors (Lipinski definition) is 0. The minimum atomic E-state index is 0.526. The van der Waals surface area contributed by atoms with Crippen LogP contribution in [0, 0.1) is 11.8 Å². The van der Waals surface area contributed by atoms with E-state index in [0.29, 0.717) is 11.8 Å². The van der Waals surface area contributed by atoms with Gasteiger partial charge in [0.1, 0.15) is 5.75 Å². The lowest BCUT2D eigenvalue weighted by atomic mass is 9.91. The molecule has 1 aromatic carbocycles. The summed E-state index contributed by atoms with van der Waals surface area (Å²) in [6, 6.07) is 8.27. The normalized spacial score (nSPS) is 14.3. The third-order valence-electron chi connectivity index (χ3n) is 3.39. The maximum Gasteiger partial charge on any atom is 0.119 e. The van der Waals surface area contributed by atoms with E-state index in [0.717, 1.165) is 25.2 Å². The lowest BCUT2D eigenvalue weighted by Gasteiger charge is -2.14. The van der Waals surface area contributed by atoms with Crippen LogP contribution in [0.5, 0.6) is 5.75 Å². The predicted molar refractivity (Wildman–Crippen MR) is 84.4 cm³/mol. The van der Waals surface area contributed by atoms with Crippen LogP contribution in [-0.2, 0) is 0 Å². The number of ether oxygens (including phenoxy) is 1. The van der Waals surface area contributed by atoms with E-state index >= 15 is 0 Å². The van der Waals surface area contributed by atoms with Crippen LogP contribution in [0.15, 0.2) is 43.0 Å². The zero-order valence-electron chi connectivity index (χ0n) is 12.4. The van der Waals surface area contributed by atoms with Gasteiger partial charge in [-0.3, -0.25) is 0 Å². The molecule has 1 aromatic rings. The molecule has 0 radical (unpaired) electrons. The lowest BCUT2D eigenvalue weighted by Crippen LogP contribution is -2.04. The maximum absolute atomic E-state index is 5.57. The molecular formula is C18H26O. The fourth-order valence-corrected chi connectivity index (χ4v) is 2.05. The summed E-state index contributed by atoms with van der Waals surface area (Å²) in [5.74, 6) is 2.03. The molecule has 0 aromatic heterocycles. The Hall–Kier alpha value is -1.50. The van der Waals surface area contributed by atoms with Crippen LogP contribution in [0.2, 0.25) is 0 Å². The molecular weight excluding hydrogens is 232 g/mol. The van der Waals surface area contributed by atoms with Gasteiger partial charge in [-0.15, -0.1) is 6.58 Å². The van der Waals surface area contributed by atoms with Crippen molar-refractivity contribution < 1.29 is 4.74 Å². The molecule has 1 rings (SSSR count). The van der Waals surface area contributed by atoms with Crippen molar-refractivity contribution in [1.29, 1.82) is 0 Å². The third-order valence-corrected chi connectivity index (χ3v) is 3.39. The minimum Gasteiger partial charge on any atom is -0.494 e. The first kappa shape index (κ1) is 15.6. The van der Waals surface area contributed by atoms with Crippen molar-refractivity contribution in [2.75, 3.05) is 6.61 Å². The highest BCUT2D eigenvalue weighted by atomic mass is 16.5. The molecule has 2 atom stereocenters. The maximum atomic E-state index is 5.57. The first-order valence-corrected chi connectivity index (χ1v) is 7.24. The van der Waals surface area contributed by atoms with Crippen molar-refractivity contribution in [3.63, 3.8) is 0 Å². The number of allylic oxidation sites excluding steroid dienone is 2. The SMILES string of the molecule is C=CC(CC)C(C)/C=C/c1ccc(OCCC)cc1. The average Bonchev–Trinajstić information content (AvgIpc) is 2.45. The molecule has 0 amide bonds. The largest absolute Gasteiger partial charge is 0.494 e. The Morgan fingerprint density at radius 1 is 1.21 bits per heavy atom. The smallest absolute Gasteiger partial charge is 0.119 e. The van der Waals surface area contributed by atoms with Crippen LogP contribution in [0.3, 0.4) is 0 Å². The molecule has 1 heteroatoms. The van der Waals surface area contributed by atoms with E-state index in [1.54, 1.807) is 0 Å². The van der Waals surface area contributed by atoms with Gasteiger partial charge in [-0.2, -0.15) is 0 Å². The Morgan fingerprint density at radius 2 is 1.89 bits per heavy atom. The number of hydrogen-bond acceptors (Lipinski definition) is 1. The monoisotopic (exact) mass is 258 g/mol. The Bertz CT molecular complexity index is 389. The van der Waals surface area contributed by atoms with Gasteiger partial charge in [-0.05, 0) is 42.4 Å². The molecule has 0 saturated carbocycles. The van der Waals surface area contributed by atoms with Gasteiger partial charge in [0.05, 0.1) is 6.61 Å². The first-order chi connectivity index (χ1) is 9.21. The van der Waals surface area contributed by atoms with Gasteiger partial charge in [0.2, 0.25) is 0 Å². The molecule has 0 bridgehead atoms. The van der Waals surface area contributed by atoms with Crippen LogP contribution in [0.1, 0.15) is 39.2 Å². The lowest BCUT2D eigenvalue weighted by molar-refractivity contribution is 0.317. The average molecular weight is 258 g/mol. The summed E-state index contributed by atoms with van der Waals surface area (Å²) in [4.78, 5) is 0. The second-order valence-corrected chi connectivity index (χ2v) is 4.94. The summed E-state index contributed by atoms with van der Waals surface area (Å²) < 4.78 is 5.57. The van der Waals surface area contributed by atoms with Gasteiger partial charge in [0, 0.05) is 0 Å². The third kappa shape index (κ3) is 5.34. The van der Waals surface area contributed by atoms with Gasteiger partial charge >= 0.3 is 0 Å². The summed E-state index contributed by atoms with van der Waals surface area (Å²) in [6.07, 6.45) is 8.67. The van der Waals surface area contributed by atoms with Crippen LogP contribution >= 0.6 is 0 Å². The zero-order chi connectivity index (χ0) is 14.1. The van der Waals surface area contributed by atoms with E-state index < -0.39 is 0 Å².